The molecule has 1 N–H and O–H groups in total. The molecule has 5 fully saturated rings. The van der Waals surface area contributed by atoms with E-state index in [1.165, 1.54) is 32.1 Å². The Morgan fingerprint density at radius 3 is 2.44 bits per heavy atom. The van der Waals surface area contributed by atoms with Crippen molar-refractivity contribution < 1.29 is 14.4 Å². The van der Waals surface area contributed by atoms with E-state index in [0.717, 1.165) is 64.8 Å². The Bertz CT molecular complexity index is 714. The molecule has 0 aromatic carbocycles. The Hall–Kier alpha value is -1.79. The van der Waals surface area contributed by atoms with Crippen LogP contribution in [0.25, 0.3) is 0 Å². The minimum atomic E-state index is 0.169. The van der Waals surface area contributed by atoms with Crippen molar-refractivity contribution in [3.8, 4) is 0 Å². The summed E-state index contributed by atoms with van der Waals surface area (Å²) in [6, 6.07) is 0.716. The highest BCUT2D eigenvalue weighted by Crippen LogP contribution is 2.38. The Morgan fingerprint density at radius 1 is 0.875 bits per heavy atom. The highest BCUT2D eigenvalue weighted by atomic mass is 16.2. The van der Waals surface area contributed by atoms with Crippen LogP contribution in [0.15, 0.2) is 0 Å². The SMILES string of the molecule is O=C(CC1CCCCC1)NC1CCN(C(=O)N2CC3CC(C2)[C@H]2CCCC(=O)N2C3)CC1. The molecule has 4 amide bonds. The second-order valence-corrected chi connectivity index (χ2v) is 11.1. The van der Waals surface area contributed by atoms with Crippen molar-refractivity contribution in [2.45, 2.75) is 89.1 Å². The number of carbonyl (C=O) groups is 3. The molecular formula is C25H40N4O3. The molecule has 1 saturated carbocycles. The zero-order chi connectivity index (χ0) is 22.1. The van der Waals surface area contributed by atoms with Gasteiger partial charge in [0.2, 0.25) is 11.8 Å². The van der Waals surface area contributed by atoms with E-state index in [0.29, 0.717) is 42.5 Å². The average Bonchev–Trinajstić information content (AvgIpc) is 2.80. The van der Waals surface area contributed by atoms with Crippen LogP contribution in [0, 0.1) is 17.8 Å². The van der Waals surface area contributed by atoms with Crippen LogP contribution >= 0.6 is 0 Å². The lowest BCUT2D eigenvalue weighted by Crippen LogP contribution is -2.62. The number of rotatable bonds is 3. The summed E-state index contributed by atoms with van der Waals surface area (Å²) < 4.78 is 0. The van der Waals surface area contributed by atoms with Gasteiger partial charge in [0.25, 0.3) is 0 Å². The monoisotopic (exact) mass is 444 g/mol. The van der Waals surface area contributed by atoms with Crippen molar-refractivity contribution in [2.75, 3.05) is 32.7 Å². The van der Waals surface area contributed by atoms with Crippen molar-refractivity contribution in [3.05, 3.63) is 0 Å². The van der Waals surface area contributed by atoms with Gasteiger partial charge in [-0.1, -0.05) is 19.3 Å². The number of amides is 4. The van der Waals surface area contributed by atoms with Gasteiger partial charge in [-0.25, -0.2) is 4.79 Å². The quantitative estimate of drug-likeness (QED) is 0.727. The van der Waals surface area contributed by atoms with E-state index in [1.54, 1.807) is 0 Å². The predicted octanol–water partition coefficient (Wildman–Crippen LogP) is 2.99. The van der Waals surface area contributed by atoms with E-state index in [1.807, 2.05) is 4.90 Å². The summed E-state index contributed by atoms with van der Waals surface area (Å²) in [7, 11) is 0. The van der Waals surface area contributed by atoms with E-state index < -0.39 is 0 Å². The lowest BCUT2D eigenvalue weighted by atomic mass is 9.76. The van der Waals surface area contributed by atoms with Gasteiger partial charge >= 0.3 is 6.03 Å². The zero-order valence-electron chi connectivity index (χ0n) is 19.5. The van der Waals surface area contributed by atoms with Crippen molar-refractivity contribution in [2.24, 2.45) is 17.8 Å². The Balaban J connectivity index is 1.09. The lowest BCUT2D eigenvalue weighted by Gasteiger charge is -2.53. The fourth-order valence-electron chi connectivity index (χ4n) is 7.12. The number of likely N-dealkylation sites (tertiary alicyclic amines) is 2. The molecular weight excluding hydrogens is 404 g/mol. The third kappa shape index (κ3) is 4.76. The van der Waals surface area contributed by atoms with E-state index in [-0.39, 0.29) is 18.0 Å². The topological polar surface area (TPSA) is 73.0 Å². The molecule has 7 nitrogen and oxygen atoms in total. The number of fused-ring (bicyclic) bond motifs is 4. The number of urea groups is 1. The van der Waals surface area contributed by atoms with Crippen LogP contribution < -0.4 is 5.32 Å². The number of hydrogen-bond acceptors (Lipinski definition) is 3. The molecule has 4 saturated heterocycles. The summed E-state index contributed by atoms with van der Waals surface area (Å²) in [5.41, 5.74) is 0. The van der Waals surface area contributed by atoms with Gasteiger partial charge in [0.05, 0.1) is 0 Å². The first-order valence-corrected chi connectivity index (χ1v) is 13.2. The van der Waals surface area contributed by atoms with Crippen LogP contribution in [0.4, 0.5) is 4.79 Å². The molecule has 4 aliphatic heterocycles. The Kier molecular flexibility index (Phi) is 6.61. The molecule has 0 spiro atoms. The molecule has 0 aromatic rings. The lowest BCUT2D eigenvalue weighted by molar-refractivity contribution is -0.144. The van der Waals surface area contributed by atoms with Gasteiger partial charge in [0.1, 0.15) is 0 Å². The van der Waals surface area contributed by atoms with E-state index in [9.17, 15) is 14.4 Å². The number of nitrogens with one attached hydrogen (secondary N) is 1. The zero-order valence-corrected chi connectivity index (χ0v) is 19.5. The molecule has 7 heteroatoms. The summed E-state index contributed by atoms with van der Waals surface area (Å²) >= 11 is 0. The Morgan fingerprint density at radius 2 is 1.66 bits per heavy atom. The number of hydrogen-bond donors (Lipinski definition) is 1. The average molecular weight is 445 g/mol. The molecule has 5 rings (SSSR count). The second-order valence-electron chi connectivity index (χ2n) is 11.1. The molecule has 2 bridgehead atoms. The number of carbonyl (C=O) groups excluding carboxylic acids is 3. The van der Waals surface area contributed by atoms with Gasteiger partial charge < -0.3 is 20.0 Å². The van der Waals surface area contributed by atoms with Gasteiger partial charge in [-0.15, -0.1) is 0 Å². The highest BCUT2D eigenvalue weighted by molar-refractivity contribution is 5.78. The van der Waals surface area contributed by atoms with Crippen molar-refractivity contribution >= 4 is 17.8 Å². The summed E-state index contributed by atoms with van der Waals surface area (Å²) in [6.07, 6.45) is 12.6. The molecule has 178 valence electrons. The molecule has 0 aromatic heterocycles. The van der Waals surface area contributed by atoms with Crippen molar-refractivity contribution in [3.63, 3.8) is 0 Å². The molecule has 2 unspecified atom stereocenters. The van der Waals surface area contributed by atoms with E-state index in [2.05, 4.69) is 15.1 Å². The fraction of sp³-hybridized carbons (Fsp3) is 0.880. The number of nitrogens with zero attached hydrogens (tertiary/aromatic N) is 3. The minimum Gasteiger partial charge on any atom is -0.353 e. The normalized spacial score (nSPS) is 31.9. The fourth-order valence-corrected chi connectivity index (χ4v) is 7.12. The first-order chi connectivity index (χ1) is 15.6. The second kappa shape index (κ2) is 9.60. The van der Waals surface area contributed by atoms with Gasteiger partial charge in [0.15, 0.2) is 0 Å². The van der Waals surface area contributed by atoms with Gasteiger partial charge in [-0.05, 0) is 62.7 Å². The third-order valence-electron chi connectivity index (χ3n) is 8.78. The maximum Gasteiger partial charge on any atom is 0.320 e. The molecule has 3 atom stereocenters. The van der Waals surface area contributed by atoms with Crippen LogP contribution in [0.1, 0.15) is 77.0 Å². The smallest absolute Gasteiger partial charge is 0.320 e. The first-order valence-electron chi connectivity index (χ1n) is 13.2. The largest absolute Gasteiger partial charge is 0.353 e. The van der Waals surface area contributed by atoms with E-state index in [4.69, 9.17) is 0 Å². The molecule has 32 heavy (non-hydrogen) atoms. The summed E-state index contributed by atoms with van der Waals surface area (Å²) in [6.45, 7) is 3.87. The summed E-state index contributed by atoms with van der Waals surface area (Å²) in [5.74, 6) is 1.96. The van der Waals surface area contributed by atoms with Gasteiger partial charge in [0, 0.05) is 57.6 Å². The predicted molar refractivity (Wildman–Crippen MR) is 122 cm³/mol. The van der Waals surface area contributed by atoms with Crippen LogP contribution in [-0.2, 0) is 9.59 Å². The molecule has 0 radical (unpaired) electrons. The first kappa shape index (κ1) is 22.0. The maximum absolute atomic E-state index is 13.3. The van der Waals surface area contributed by atoms with Gasteiger partial charge in [-0.3, -0.25) is 9.59 Å². The van der Waals surface area contributed by atoms with Crippen molar-refractivity contribution in [1.29, 1.82) is 0 Å². The van der Waals surface area contributed by atoms with Crippen molar-refractivity contribution in [1.82, 2.24) is 20.0 Å². The Labute approximate surface area is 192 Å². The van der Waals surface area contributed by atoms with Crippen LogP contribution in [0.3, 0.4) is 0 Å². The van der Waals surface area contributed by atoms with Gasteiger partial charge in [-0.2, -0.15) is 0 Å². The number of piperidine rings is 4. The highest BCUT2D eigenvalue weighted by Gasteiger charge is 2.45. The summed E-state index contributed by atoms with van der Waals surface area (Å²) in [5, 5.41) is 3.24. The van der Waals surface area contributed by atoms with Crippen LogP contribution in [-0.4, -0.2) is 77.4 Å². The standard InChI is InChI=1S/C25H40N4O3/c30-23(14-18-5-2-1-3-6-18)26-21-9-11-27(12-10-21)25(32)28-15-19-13-20(17-28)22-7-4-8-24(31)29(22)16-19/h18-22H,1-17H2,(H,26,30)/t19?,20?,22-/m1/s1. The molecule has 5 aliphatic rings. The third-order valence-corrected chi connectivity index (χ3v) is 8.78. The summed E-state index contributed by atoms with van der Waals surface area (Å²) in [4.78, 5) is 44.3. The minimum absolute atomic E-state index is 0.169. The molecule has 1 aliphatic carbocycles. The maximum atomic E-state index is 13.3. The van der Waals surface area contributed by atoms with Crippen LogP contribution in [0.2, 0.25) is 0 Å². The van der Waals surface area contributed by atoms with Crippen LogP contribution in [0.5, 0.6) is 0 Å². The van der Waals surface area contributed by atoms with E-state index >= 15 is 0 Å². The molecule has 4 heterocycles.